The van der Waals surface area contributed by atoms with E-state index in [9.17, 15) is 9.59 Å². The van der Waals surface area contributed by atoms with Crippen LogP contribution in [0, 0.1) is 0 Å². The van der Waals surface area contributed by atoms with Crippen LogP contribution in [0.1, 0.15) is 17.9 Å². The summed E-state index contributed by atoms with van der Waals surface area (Å²) >= 11 is 0. The van der Waals surface area contributed by atoms with E-state index in [1.165, 1.54) is 7.11 Å². The number of ether oxygens (including phenoxy) is 1. The molecule has 1 aromatic carbocycles. The lowest BCUT2D eigenvalue weighted by Gasteiger charge is -2.05. The number of carboxylic acids is 1. The molecular formula is C11H11NO4. The largest absolute Gasteiger partial charge is 0.497 e. The SMILES string of the molecule is COc1ccc2c(c1)NC(=O)[C@H]2CC(=O)O. The third-order valence-electron chi connectivity index (χ3n) is 2.59. The molecule has 1 atom stereocenters. The van der Waals surface area contributed by atoms with Gasteiger partial charge in [-0.1, -0.05) is 6.07 Å². The van der Waals surface area contributed by atoms with Gasteiger partial charge in [-0.25, -0.2) is 0 Å². The van der Waals surface area contributed by atoms with Gasteiger partial charge in [-0.15, -0.1) is 0 Å². The summed E-state index contributed by atoms with van der Waals surface area (Å²) in [4.78, 5) is 22.2. The zero-order chi connectivity index (χ0) is 11.7. The monoisotopic (exact) mass is 221 g/mol. The fourth-order valence-electron chi connectivity index (χ4n) is 1.81. The second-order valence-electron chi connectivity index (χ2n) is 3.59. The Hall–Kier alpha value is -2.04. The van der Waals surface area contributed by atoms with Crippen molar-refractivity contribution in [2.24, 2.45) is 0 Å². The van der Waals surface area contributed by atoms with Crippen LogP contribution in [0.5, 0.6) is 5.75 Å². The average Bonchev–Trinajstić information content (AvgIpc) is 2.54. The molecule has 0 aromatic heterocycles. The quantitative estimate of drug-likeness (QED) is 0.804. The Bertz CT molecular complexity index is 455. The highest BCUT2D eigenvalue weighted by Gasteiger charge is 2.32. The average molecular weight is 221 g/mol. The molecule has 1 heterocycles. The minimum atomic E-state index is -0.983. The van der Waals surface area contributed by atoms with Crippen LogP contribution >= 0.6 is 0 Å². The third-order valence-corrected chi connectivity index (χ3v) is 2.59. The van der Waals surface area contributed by atoms with Crippen molar-refractivity contribution >= 4 is 17.6 Å². The molecular weight excluding hydrogens is 210 g/mol. The van der Waals surface area contributed by atoms with Crippen LogP contribution in [0.25, 0.3) is 0 Å². The van der Waals surface area contributed by atoms with Gasteiger partial charge < -0.3 is 15.2 Å². The maximum absolute atomic E-state index is 11.6. The lowest BCUT2D eigenvalue weighted by atomic mass is 9.97. The molecule has 84 valence electrons. The zero-order valence-electron chi connectivity index (χ0n) is 8.69. The van der Waals surface area contributed by atoms with Crippen molar-refractivity contribution in [3.63, 3.8) is 0 Å². The molecule has 2 rings (SSSR count). The van der Waals surface area contributed by atoms with Crippen LogP contribution in [0.4, 0.5) is 5.69 Å². The maximum atomic E-state index is 11.6. The number of carboxylic acid groups (broad SMARTS) is 1. The molecule has 1 aromatic rings. The van der Waals surface area contributed by atoms with Crippen LogP contribution in [-0.4, -0.2) is 24.1 Å². The summed E-state index contributed by atoms with van der Waals surface area (Å²) < 4.78 is 5.02. The van der Waals surface area contributed by atoms with Gasteiger partial charge in [0.05, 0.1) is 19.4 Å². The van der Waals surface area contributed by atoms with Crippen LogP contribution in [0.3, 0.4) is 0 Å². The van der Waals surface area contributed by atoms with Gasteiger partial charge in [0, 0.05) is 11.8 Å². The van der Waals surface area contributed by atoms with Crippen molar-refractivity contribution < 1.29 is 19.4 Å². The van der Waals surface area contributed by atoms with E-state index in [1.54, 1.807) is 18.2 Å². The number of rotatable bonds is 3. The summed E-state index contributed by atoms with van der Waals surface area (Å²) in [7, 11) is 1.53. The van der Waals surface area contributed by atoms with Crippen LogP contribution < -0.4 is 10.1 Å². The van der Waals surface area contributed by atoms with Crippen LogP contribution in [0.15, 0.2) is 18.2 Å². The molecule has 0 radical (unpaired) electrons. The van der Waals surface area contributed by atoms with Gasteiger partial charge in [-0.2, -0.15) is 0 Å². The Morgan fingerprint density at radius 2 is 2.31 bits per heavy atom. The van der Waals surface area contributed by atoms with Gasteiger partial charge in [-0.3, -0.25) is 9.59 Å². The highest BCUT2D eigenvalue weighted by molar-refractivity contribution is 6.04. The molecule has 5 nitrogen and oxygen atoms in total. The molecule has 0 unspecified atom stereocenters. The van der Waals surface area contributed by atoms with Crippen molar-refractivity contribution in [2.45, 2.75) is 12.3 Å². The number of benzene rings is 1. The first-order valence-corrected chi connectivity index (χ1v) is 4.82. The lowest BCUT2D eigenvalue weighted by molar-refractivity contribution is -0.138. The fraction of sp³-hybridized carbons (Fsp3) is 0.273. The number of hydrogen-bond acceptors (Lipinski definition) is 3. The number of fused-ring (bicyclic) bond motifs is 1. The van der Waals surface area contributed by atoms with E-state index in [4.69, 9.17) is 9.84 Å². The normalized spacial score (nSPS) is 17.8. The Morgan fingerprint density at radius 1 is 1.56 bits per heavy atom. The second kappa shape index (κ2) is 3.84. The summed E-state index contributed by atoms with van der Waals surface area (Å²) in [5, 5.41) is 11.4. The highest BCUT2D eigenvalue weighted by Crippen LogP contribution is 2.36. The van der Waals surface area contributed by atoms with Gasteiger partial charge in [0.25, 0.3) is 0 Å². The predicted molar refractivity (Wildman–Crippen MR) is 56.6 cm³/mol. The van der Waals surface area contributed by atoms with Gasteiger partial charge in [0.1, 0.15) is 5.75 Å². The number of methoxy groups -OCH3 is 1. The Morgan fingerprint density at radius 3 is 2.94 bits per heavy atom. The predicted octanol–water partition coefficient (Wildman–Crippen LogP) is 1.21. The minimum Gasteiger partial charge on any atom is -0.497 e. The summed E-state index contributed by atoms with van der Waals surface area (Å²) in [5.74, 6) is -1.22. The fourth-order valence-corrected chi connectivity index (χ4v) is 1.81. The van der Waals surface area contributed by atoms with E-state index >= 15 is 0 Å². The van der Waals surface area contributed by atoms with E-state index in [2.05, 4.69) is 5.32 Å². The van der Waals surface area contributed by atoms with E-state index in [-0.39, 0.29) is 12.3 Å². The van der Waals surface area contributed by atoms with Crippen molar-refractivity contribution in [1.82, 2.24) is 0 Å². The maximum Gasteiger partial charge on any atom is 0.304 e. The molecule has 16 heavy (non-hydrogen) atoms. The number of amides is 1. The van der Waals surface area contributed by atoms with Crippen molar-refractivity contribution in [2.75, 3.05) is 12.4 Å². The van der Waals surface area contributed by atoms with Crippen molar-refractivity contribution in [3.05, 3.63) is 23.8 Å². The van der Waals surface area contributed by atoms with Crippen molar-refractivity contribution in [3.8, 4) is 5.75 Å². The van der Waals surface area contributed by atoms with E-state index < -0.39 is 11.9 Å². The molecule has 1 aliphatic rings. The highest BCUT2D eigenvalue weighted by atomic mass is 16.5. The molecule has 0 spiro atoms. The van der Waals surface area contributed by atoms with Gasteiger partial charge in [0.15, 0.2) is 0 Å². The number of nitrogens with one attached hydrogen (secondary N) is 1. The minimum absolute atomic E-state index is 0.189. The van der Waals surface area contributed by atoms with E-state index in [1.807, 2.05) is 0 Å². The molecule has 0 saturated heterocycles. The first-order chi connectivity index (χ1) is 7.61. The van der Waals surface area contributed by atoms with Crippen molar-refractivity contribution in [1.29, 1.82) is 0 Å². The summed E-state index contributed by atoms with van der Waals surface area (Å²) in [6.07, 6.45) is -0.189. The smallest absolute Gasteiger partial charge is 0.304 e. The lowest BCUT2D eigenvalue weighted by Crippen LogP contribution is -2.15. The first kappa shape index (κ1) is 10.5. The van der Waals surface area contributed by atoms with Gasteiger partial charge in [-0.05, 0) is 11.6 Å². The number of carbonyl (C=O) groups is 2. The molecule has 2 N–H and O–H groups in total. The number of anilines is 1. The van der Waals surface area contributed by atoms with Crippen LogP contribution in [-0.2, 0) is 9.59 Å². The molecule has 5 heteroatoms. The zero-order valence-corrected chi connectivity index (χ0v) is 8.69. The molecule has 0 aliphatic carbocycles. The number of aliphatic carboxylic acids is 1. The summed E-state index contributed by atoms with van der Waals surface area (Å²) in [6.45, 7) is 0. The molecule has 0 bridgehead atoms. The Balaban J connectivity index is 2.34. The molecule has 0 saturated carbocycles. The number of hydrogen-bond donors (Lipinski definition) is 2. The Kier molecular flexibility index (Phi) is 2.52. The van der Waals surface area contributed by atoms with Crippen LogP contribution in [0.2, 0.25) is 0 Å². The number of carbonyl (C=O) groups excluding carboxylic acids is 1. The van der Waals surface area contributed by atoms with E-state index in [0.717, 1.165) is 0 Å². The topological polar surface area (TPSA) is 75.6 Å². The molecule has 1 amide bonds. The van der Waals surface area contributed by atoms with Gasteiger partial charge >= 0.3 is 5.97 Å². The third kappa shape index (κ3) is 1.71. The second-order valence-corrected chi connectivity index (χ2v) is 3.59. The van der Waals surface area contributed by atoms with Gasteiger partial charge in [0.2, 0.25) is 5.91 Å². The Labute approximate surface area is 92.0 Å². The van der Waals surface area contributed by atoms with E-state index in [0.29, 0.717) is 17.0 Å². The molecule has 0 fully saturated rings. The molecule has 1 aliphatic heterocycles. The first-order valence-electron chi connectivity index (χ1n) is 4.82. The summed E-state index contributed by atoms with van der Waals surface area (Å²) in [6, 6.07) is 5.13. The standard InChI is InChI=1S/C11H11NO4/c1-16-6-2-3-7-8(5-10(13)14)11(15)12-9(7)4-6/h2-4,8H,5H2,1H3,(H,12,15)(H,13,14)/t8-/m0/s1. The summed E-state index contributed by atoms with van der Waals surface area (Å²) in [5.41, 5.74) is 1.35.